The quantitative estimate of drug-likeness (QED) is 0.330. The molecule has 210 valence electrons. The SMILES string of the molecule is CC(C(=O)NNC(=O)c1cc(C(C)(C)C)c(O)c(C(C)(C)C)c1)c1cc(C(C)(C)C)c(O)c(C(C)(C)C)c1. The maximum Gasteiger partial charge on any atom is 0.269 e. The number of rotatable bonds is 3. The predicted octanol–water partition coefficient (Wildman–Crippen LogP) is 6.85. The molecule has 2 aromatic rings. The second-order valence-electron chi connectivity index (χ2n) is 14.5. The van der Waals surface area contributed by atoms with E-state index in [1.807, 2.05) is 95.2 Å². The number of benzene rings is 2. The average Bonchev–Trinajstić information content (AvgIpc) is 2.73. The number of phenolic OH excluding ortho intramolecular Hbond substituents is 2. The lowest BCUT2D eigenvalue weighted by atomic mass is 9.77. The normalized spacial score (nSPS) is 13.7. The van der Waals surface area contributed by atoms with Crippen LogP contribution in [-0.4, -0.2) is 22.0 Å². The van der Waals surface area contributed by atoms with Crippen molar-refractivity contribution in [2.24, 2.45) is 0 Å². The topological polar surface area (TPSA) is 98.7 Å². The molecule has 2 aromatic carbocycles. The van der Waals surface area contributed by atoms with Crippen LogP contribution in [0.4, 0.5) is 0 Å². The Kier molecular flexibility index (Phi) is 8.43. The van der Waals surface area contributed by atoms with Crippen LogP contribution >= 0.6 is 0 Å². The van der Waals surface area contributed by atoms with Gasteiger partial charge < -0.3 is 10.2 Å². The molecule has 0 spiro atoms. The minimum Gasteiger partial charge on any atom is -0.507 e. The largest absolute Gasteiger partial charge is 0.507 e. The second-order valence-corrected chi connectivity index (χ2v) is 14.5. The summed E-state index contributed by atoms with van der Waals surface area (Å²) in [6.45, 7) is 25.8. The fourth-order valence-electron chi connectivity index (χ4n) is 4.41. The second kappa shape index (κ2) is 10.3. The Morgan fingerprint density at radius 3 is 1.24 bits per heavy atom. The van der Waals surface area contributed by atoms with Gasteiger partial charge in [-0.25, -0.2) is 0 Å². The lowest BCUT2D eigenvalue weighted by molar-refractivity contribution is -0.123. The third kappa shape index (κ3) is 6.89. The molecule has 0 saturated carbocycles. The summed E-state index contributed by atoms with van der Waals surface area (Å²) in [6.07, 6.45) is 0. The van der Waals surface area contributed by atoms with Crippen LogP contribution in [-0.2, 0) is 26.5 Å². The molecule has 0 fully saturated rings. The van der Waals surface area contributed by atoms with Crippen LogP contribution in [0.25, 0.3) is 0 Å². The number of carbonyl (C=O) groups is 2. The number of amides is 2. The van der Waals surface area contributed by atoms with Crippen molar-refractivity contribution in [2.45, 2.75) is 118 Å². The van der Waals surface area contributed by atoms with Crippen molar-refractivity contribution < 1.29 is 19.8 Å². The third-order valence-corrected chi connectivity index (χ3v) is 6.93. The molecular weight excluding hydrogens is 476 g/mol. The van der Waals surface area contributed by atoms with Crippen molar-refractivity contribution in [3.8, 4) is 11.5 Å². The zero-order valence-corrected chi connectivity index (χ0v) is 25.6. The molecular formula is C32H48N2O4. The van der Waals surface area contributed by atoms with Crippen molar-refractivity contribution in [3.05, 3.63) is 57.6 Å². The summed E-state index contributed by atoms with van der Waals surface area (Å²) in [6, 6.07) is 7.12. The van der Waals surface area contributed by atoms with Crippen LogP contribution in [0.1, 0.15) is 134 Å². The van der Waals surface area contributed by atoms with E-state index in [0.717, 1.165) is 16.7 Å². The standard InChI is InChI=1S/C32H48N2O4/c1-18(19-14-21(29(2,3)4)25(35)22(15-19)30(5,6)7)27(37)33-34-28(38)20-16-23(31(8,9)10)26(36)24(17-20)32(11,12)13/h14-18,35-36H,1-13H3,(H,33,37)(H,34,38). The van der Waals surface area contributed by atoms with E-state index in [4.69, 9.17) is 0 Å². The molecule has 1 atom stereocenters. The molecule has 4 N–H and O–H groups in total. The van der Waals surface area contributed by atoms with Gasteiger partial charge in [0.2, 0.25) is 5.91 Å². The number of phenols is 2. The highest BCUT2D eigenvalue weighted by Gasteiger charge is 2.30. The van der Waals surface area contributed by atoms with Gasteiger partial charge in [0.25, 0.3) is 5.91 Å². The van der Waals surface area contributed by atoms with Gasteiger partial charge in [-0.2, -0.15) is 0 Å². The monoisotopic (exact) mass is 524 g/mol. The molecule has 0 aliphatic rings. The molecule has 0 heterocycles. The van der Waals surface area contributed by atoms with Crippen LogP contribution in [0.2, 0.25) is 0 Å². The summed E-state index contributed by atoms with van der Waals surface area (Å²) in [5, 5.41) is 22.0. The summed E-state index contributed by atoms with van der Waals surface area (Å²) >= 11 is 0. The van der Waals surface area contributed by atoms with Crippen molar-refractivity contribution >= 4 is 11.8 Å². The van der Waals surface area contributed by atoms with E-state index in [0.29, 0.717) is 16.7 Å². The number of hydrogen-bond donors (Lipinski definition) is 4. The predicted molar refractivity (Wildman–Crippen MR) is 155 cm³/mol. The Morgan fingerprint density at radius 1 is 0.605 bits per heavy atom. The minimum atomic E-state index is -0.576. The number of aromatic hydroxyl groups is 2. The Hall–Kier alpha value is -3.02. The first-order valence-electron chi connectivity index (χ1n) is 13.3. The highest BCUT2D eigenvalue weighted by molar-refractivity contribution is 5.96. The first-order valence-corrected chi connectivity index (χ1v) is 13.3. The molecule has 1 unspecified atom stereocenters. The Bertz CT molecular complexity index is 1150. The van der Waals surface area contributed by atoms with Gasteiger partial charge in [0.1, 0.15) is 11.5 Å². The fourth-order valence-corrected chi connectivity index (χ4v) is 4.41. The van der Waals surface area contributed by atoms with Crippen LogP contribution in [0.15, 0.2) is 24.3 Å². The minimum absolute atomic E-state index is 0.191. The van der Waals surface area contributed by atoms with Crippen molar-refractivity contribution in [1.82, 2.24) is 10.9 Å². The molecule has 2 amide bonds. The molecule has 0 radical (unpaired) electrons. The highest BCUT2D eigenvalue weighted by atomic mass is 16.3. The molecule has 0 aliphatic heterocycles. The van der Waals surface area contributed by atoms with Crippen molar-refractivity contribution in [2.75, 3.05) is 0 Å². The Balaban J connectivity index is 2.39. The van der Waals surface area contributed by atoms with Gasteiger partial charge in [-0.1, -0.05) is 95.2 Å². The van der Waals surface area contributed by atoms with Gasteiger partial charge in [-0.15, -0.1) is 0 Å². The smallest absolute Gasteiger partial charge is 0.269 e. The maximum absolute atomic E-state index is 13.2. The number of hydrazine groups is 1. The molecule has 6 heteroatoms. The fraction of sp³-hybridized carbons (Fsp3) is 0.562. The molecule has 2 rings (SSSR count). The molecule has 0 aromatic heterocycles. The maximum atomic E-state index is 13.2. The third-order valence-electron chi connectivity index (χ3n) is 6.93. The Morgan fingerprint density at radius 2 is 0.921 bits per heavy atom. The van der Waals surface area contributed by atoms with E-state index in [-0.39, 0.29) is 39.1 Å². The van der Waals surface area contributed by atoms with E-state index in [1.54, 1.807) is 19.1 Å². The van der Waals surface area contributed by atoms with Crippen molar-refractivity contribution in [3.63, 3.8) is 0 Å². The molecule has 0 saturated heterocycles. The van der Waals surface area contributed by atoms with E-state index >= 15 is 0 Å². The van der Waals surface area contributed by atoms with Gasteiger partial charge in [0.05, 0.1) is 5.92 Å². The van der Waals surface area contributed by atoms with E-state index in [1.165, 1.54) is 0 Å². The van der Waals surface area contributed by atoms with Gasteiger partial charge in [0.15, 0.2) is 0 Å². The molecule has 0 bridgehead atoms. The summed E-state index contributed by atoms with van der Waals surface area (Å²) in [4.78, 5) is 26.3. The van der Waals surface area contributed by atoms with Crippen LogP contribution in [0, 0.1) is 0 Å². The number of carbonyl (C=O) groups excluding carboxylic acids is 2. The lowest BCUT2D eigenvalue weighted by Gasteiger charge is -2.29. The van der Waals surface area contributed by atoms with Crippen molar-refractivity contribution in [1.29, 1.82) is 0 Å². The van der Waals surface area contributed by atoms with Crippen LogP contribution < -0.4 is 10.9 Å². The van der Waals surface area contributed by atoms with E-state index in [9.17, 15) is 19.8 Å². The number of nitrogens with one attached hydrogen (secondary N) is 2. The molecule has 38 heavy (non-hydrogen) atoms. The molecule has 6 nitrogen and oxygen atoms in total. The van der Waals surface area contributed by atoms with Gasteiger partial charge in [0, 0.05) is 16.7 Å². The zero-order chi connectivity index (χ0) is 29.6. The van der Waals surface area contributed by atoms with Gasteiger partial charge >= 0.3 is 0 Å². The van der Waals surface area contributed by atoms with Crippen LogP contribution in [0.5, 0.6) is 11.5 Å². The first kappa shape index (κ1) is 31.2. The van der Waals surface area contributed by atoms with Crippen LogP contribution in [0.3, 0.4) is 0 Å². The van der Waals surface area contributed by atoms with Gasteiger partial charge in [-0.3, -0.25) is 20.4 Å². The van der Waals surface area contributed by atoms with Gasteiger partial charge in [-0.05, 0) is 57.4 Å². The summed E-state index contributed by atoms with van der Waals surface area (Å²) < 4.78 is 0. The summed E-state index contributed by atoms with van der Waals surface area (Å²) in [7, 11) is 0. The summed E-state index contributed by atoms with van der Waals surface area (Å²) in [5.41, 5.74) is 7.74. The molecule has 0 aliphatic carbocycles. The lowest BCUT2D eigenvalue weighted by Crippen LogP contribution is -2.43. The summed E-state index contributed by atoms with van der Waals surface area (Å²) in [5.74, 6) is -0.956. The van der Waals surface area contributed by atoms with E-state index < -0.39 is 11.8 Å². The average molecular weight is 525 g/mol. The number of hydrogen-bond acceptors (Lipinski definition) is 4. The Labute approximate surface area is 229 Å². The van der Waals surface area contributed by atoms with E-state index in [2.05, 4.69) is 10.9 Å². The highest BCUT2D eigenvalue weighted by Crippen LogP contribution is 2.42. The first-order chi connectivity index (χ1) is 17.0. The zero-order valence-electron chi connectivity index (χ0n) is 25.6.